The van der Waals surface area contributed by atoms with E-state index in [4.69, 9.17) is 0 Å². The summed E-state index contributed by atoms with van der Waals surface area (Å²) in [5.74, 6) is 0.0885. The third kappa shape index (κ3) is 6.51. The largest absolute Gasteiger partial charge is 0.335 e. The Morgan fingerprint density at radius 1 is 1.11 bits per heavy atom. The molecular weight excluding hydrogens is 342 g/mol. The maximum atomic E-state index is 12.4. The molecule has 0 atom stereocenters. The second kappa shape index (κ2) is 9.91. The zero-order valence-electron chi connectivity index (χ0n) is 18.5. The quantitative estimate of drug-likeness (QED) is 0.296. The summed E-state index contributed by atoms with van der Waals surface area (Å²) in [7, 11) is 0. The van der Waals surface area contributed by atoms with Crippen molar-refractivity contribution in [2.24, 2.45) is 5.41 Å². The Hall–Kier alpha value is -2.09. The summed E-state index contributed by atoms with van der Waals surface area (Å²) in [4.78, 5) is 14.2. The van der Waals surface area contributed by atoms with Crippen molar-refractivity contribution in [3.63, 3.8) is 0 Å². The van der Waals surface area contributed by atoms with Crippen LogP contribution in [0.5, 0.6) is 0 Å². The maximum Gasteiger partial charge on any atom is 0.247 e. The Morgan fingerprint density at radius 3 is 2.54 bits per heavy atom. The van der Waals surface area contributed by atoms with Crippen LogP contribution in [0.2, 0.25) is 0 Å². The van der Waals surface area contributed by atoms with Crippen LogP contribution in [0.25, 0.3) is 0 Å². The molecule has 0 aromatic rings. The van der Waals surface area contributed by atoms with Crippen molar-refractivity contribution in [3.05, 3.63) is 70.9 Å². The monoisotopic (exact) mass is 379 g/mol. The Balaban J connectivity index is 1.96. The van der Waals surface area contributed by atoms with Gasteiger partial charge in [-0.3, -0.25) is 4.79 Å². The number of rotatable bonds is 5. The number of carbonyl (C=O) groups excluding carboxylic acids is 1. The third-order valence-corrected chi connectivity index (χ3v) is 5.81. The number of amides is 1. The summed E-state index contributed by atoms with van der Waals surface area (Å²) in [6, 6.07) is 0. The fourth-order valence-corrected chi connectivity index (χ4v) is 4.10. The van der Waals surface area contributed by atoms with E-state index in [1.807, 2.05) is 24.0 Å². The molecule has 0 saturated carbocycles. The number of piperidine rings is 1. The van der Waals surface area contributed by atoms with Gasteiger partial charge in [-0.05, 0) is 69.4 Å². The first-order valence-electron chi connectivity index (χ1n) is 10.6. The number of nitrogens with zero attached hydrogens (tertiary/aromatic N) is 1. The van der Waals surface area contributed by atoms with E-state index >= 15 is 0 Å². The summed E-state index contributed by atoms with van der Waals surface area (Å²) >= 11 is 0. The highest BCUT2D eigenvalue weighted by molar-refractivity contribution is 5.89. The van der Waals surface area contributed by atoms with Gasteiger partial charge >= 0.3 is 0 Å². The summed E-state index contributed by atoms with van der Waals surface area (Å²) < 4.78 is 0. The fraction of sp³-hybridized carbons (Fsp3) is 0.500. The SMILES string of the molecule is C=C1CCCN(C(=O)/C=C(C)/C=C/C=C(C)\C=C\C2=C(C)CCCC2(C)C)C1. The van der Waals surface area contributed by atoms with Crippen LogP contribution >= 0.6 is 0 Å². The van der Waals surface area contributed by atoms with Crippen molar-refractivity contribution < 1.29 is 4.79 Å². The van der Waals surface area contributed by atoms with E-state index in [0.717, 1.165) is 30.5 Å². The lowest BCUT2D eigenvalue weighted by Crippen LogP contribution is -2.35. The van der Waals surface area contributed by atoms with Crippen molar-refractivity contribution in [1.82, 2.24) is 4.90 Å². The first-order chi connectivity index (χ1) is 13.2. The molecule has 1 aliphatic heterocycles. The molecule has 0 radical (unpaired) electrons. The zero-order valence-corrected chi connectivity index (χ0v) is 18.5. The van der Waals surface area contributed by atoms with Crippen molar-refractivity contribution >= 4 is 5.91 Å². The molecule has 1 aliphatic carbocycles. The lowest BCUT2D eigenvalue weighted by atomic mass is 9.72. The van der Waals surface area contributed by atoms with E-state index in [1.54, 1.807) is 6.08 Å². The highest BCUT2D eigenvalue weighted by atomic mass is 16.2. The average molecular weight is 380 g/mol. The van der Waals surface area contributed by atoms with E-state index in [9.17, 15) is 4.79 Å². The molecule has 0 N–H and O–H groups in total. The van der Waals surface area contributed by atoms with Crippen LogP contribution in [0.4, 0.5) is 0 Å². The van der Waals surface area contributed by atoms with Crippen LogP contribution in [0.1, 0.15) is 66.7 Å². The van der Waals surface area contributed by atoms with E-state index in [0.29, 0.717) is 6.54 Å². The van der Waals surface area contributed by atoms with Crippen molar-refractivity contribution in [2.75, 3.05) is 13.1 Å². The number of hydrogen-bond acceptors (Lipinski definition) is 1. The standard InChI is InChI=1S/C26H37NO/c1-20(14-15-24-23(4)13-8-16-26(24,5)6)10-7-11-21(2)18-25(28)27-17-9-12-22(3)19-27/h7,10-11,14-15,18H,3,8-9,12-13,16-17,19H2,1-2,4-6H3/b11-7+,15-14+,20-10-,21-18+. The molecule has 1 fully saturated rings. The van der Waals surface area contributed by atoms with Gasteiger partial charge in [0.15, 0.2) is 0 Å². The second-order valence-electron chi connectivity index (χ2n) is 9.04. The number of allylic oxidation sites excluding steroid dienone is 9. The lowest BCUT2D eigenvalue weighted by Gasteiger charge is -2.32. The van der Waals surface area contributed by atoms with Gasteiger partial charge in [0.2, 0.25) is 5.91 Å². The molecule has 0 aromatic carbocycles. The summed E-state index contributed by atoms with van der Waals surface area (Å²) in [6.45, 7) is 16.6. The van der Waals surface area contributed by atoms with Gasteiger partial charge in [0, 0.05) is 19.2 Å². The van der Waals surface area contributed by atoms with E-state index < -0.39 is 0 Å². The molecule has 2 aliphatic rings. The molecule has 0 unspecified atom stereocenters. The van der Waals surface area contributed by atoms with E-state index in [-0.39, 0.29) is 11.3 Å². The summed E-state index contributed by atoms with van der Waals surface area (Å²) in [5, 5.41) is 0. The minimum absolute atomic E-state index is 0.0885. The van der Waals surface area contributed by atoms with Crippen molar-refractivity contribution in [3.8, 4) is 0 Å². The molecule has 152 valence electrons. The molecule has 2 heteroatoms. The molecule has 0 spiro atoms. The average Bonchev–Trinajstić information content (AvgIpc) is 2.60. The van der Waals surface area contributed by atoms with E-state index in [1.165, 1.54) is 36.0 Å². The third-order valence-electron chi connectivity index (χ3n) is 5.81. The molecule has 2 rings (SSSR count). The maximum absolute atomic E-state index is 12.4. The topological polar surface area (TPSA) is 20.3 Å². The molecule has 1 heterocycles. The highest BCUT2D eigenvalue weighted by Gasteiger charge is 2.26. The predicted octanol–water partition coefficient (Wildman–Crippen LogP) is 6.70. The van der Waals surface area contributed by atoms with Crippen LogP contribution < -0.4 is 0 Å². The van der Waals surface area contributed by atoms with Gasteiger partial charge in [0.1, 0.15) is 0 Å². The van der Waals surface area contributed by atoms with Gasteiger partial charge in [0.05, 0.1) is 0 Å². The Kier molecular flexibility index (Phi) is 7.86. The molecule has 28 heavy (non-hydrogen) atoms. The van der Waals surface area contributed by atoms with Crippen LogP contribution in [0.3, 0.4) is 0 Å². The van der Waals surface area contributed by atoms with Gasteiger partial charge in [-0.15, -0.1) is 0 Å². The molecular formula is C26H37NO. The normalized spacial score (nSPS) is 21.9. The second-order valence-corrected chi connectivity index (χ2v) is 9.04. The fourth-order valence-electron chi connectivity index (χ4n) is 4.10. The Bertz CT molecular complexity index is 755. The molecule has 1 amide bonds. The van der Waals surface area contributed by atoms with Gasteiger partial charge in [-0.2, -0.15) is 0 Å². The van der Waals surface area contributed by atoms with Gasteiger partial charge in [-0.25, -0.2) is 0 Å². The number of carbonyl (C=O) groups is 1. The van der Waals surface area contributed by atoms with Crippen LogP contribution in [-0.2, 0) is 4.79 Å². The van der Waals surface area contributed by atoms with Crippen LogP contribution in [0.15, 0.2) is 70.9 Å². The highest BCUT2D eigenvalue weighted by Crippen LogP contribution is 2.40. The minimum Gasteiger partial charge on any atom is -0.335 e. The molecule has 0 aromatic heterocycles. The summed E-state index contributed by atoms with van der Waals surface area (Å²) in [6.07, 6.45) is 18.2. The molecule has 1 saturated heterocycles. The predicted molar refractivity (Wildman–Crippen MR) is 121 cm³/mol. The molecule has 0 bridgehead atoms. The lowest BCUT2D eigenvalue weighted by molar-refractivity contribution is -0.126. The zero-order chi connectivity index (χ0) is 20.7. The first-order valence-corrected chi connectivity index (χ1v) is 10.6. The molecule has 2 nitrogen and oxygen atoms in total. The van der Waals surface area contributed by atoms with Crippen LogP contribution in [-0.4, -0.2) is 23.9 Å². The number of hydrogen-bond donors (Lipinski definition) is 0. The summed E-state index contributed by atoms with van der Waals surface area (Å²) in [5.41, 5.74) is 6.62. The van der Waals surface area contributed by atoms with Gasteiger partial charge in [-0.1, -0.05) is 67.5 Å². The Morgan fingerprint density at radius 2 is 1.86 bits per heavy atom. The number of likely N-dealkylation sites (tertiary alicyclic amines) is 1. The van der Waals surface area contributed by atoms with Crippen molar-refractivity contribution in [2.45, 2.75) is 66.7 Å². The van der Waals surface area contributed by atoms with E-state index in [2.05, 4.69) is 52.5 Å². The Labute approximate surface area is 172 Å². The van der Waals surface area contributed by atoms with Crippen LogP contribution in [0, 0.1) is 5.41 Å². The van der Waals surface area contributed by atoms with Gasteiger partial charge in [0.25, 0.3) is 0 Å². The minimum atomic E-state index is 0.0885. The first kappa shape index (κ1) is 22.2. The van der Waals surface area contributed by atoms with Gasteiger partial charge < -0.3 is 4.90 Å². The smallest absolute Gasteiger partial charge is 0.247 e. The van der Waals surface area contributed by atoms with Crippen molar-refractivity contribution in [1.29, 1.82) is 0 Å².